The van der Waals surface area contributed by atoms with Gasteiger partial charge in [0.25, 0.3) is 11.5 Å². The summed E-state index contributed by atoms with van der Waals surface area (Å²) in [6.07, 6.45) is 8.37. The Kier molecular flexibility index (Phi) is 9.19. The number of hydrogen-bond donors (Lipinski definition) is 0. The molecule has 1 fully saturated rings. The molecule has 1 amide bonds. The second kappa shape index (κ2) is 12.8. The van der Waals surface area contributed by atoms with Crippen molar-refractivity contribution >= 4 is 39.5 Å². The largest absolute Gasteiger partial charge is 0.339 e. The SMILES string of the molecule is CCc1cccc(CC)c1-n1c(C=C(C)C)c(C(=O)N2CCCCC2)cc(-c2nn(-c3ccc(Cl)cc3)cc2Br)c1=O. The van der Waals surface area contributed by atoms with Gasteiger partial charge in [-0.3, -0.25) is 14.2 Å². The number of carbonyl (C=O) groups excluding carboxylic acids is 1. The number of para-hydroxylation sites is 1. The Labute approximate surface area is 260 Å². The Balaban J connectivity index is 1.85. The third-order valence-electron chi connectivity index (χ3n) is 7.74. The second-order valence-corrected chi connectivity index (χ2v) is 12.2. The lowest BCUT2D eigenvalue weighted by Crippen LogP contribution is -2.37. The summed E-state index contributed by atoms with van der Waals surface area (Å²) in [6, 6.07) is 15.3. The first-order valence-electron chi connectivity index (χ1n) is 14.6. The zero-order valence-corrected chi connectivity index (χ0v) is 26.9. The number of piperidine rings is 1. The van der Waals surface area contributed by atoms with E-state index in [1.807, 2.05) is 49.2 Å². The molecule has 218 valence electrons. The maximum absolute atomic E-state index is 14.7. The molecule has 0 N–H and O–H groups in total. The highest BCUT2D eigenvalue weighted by molar-refractivity contribution is 9.10. The molecule has 0 saturated carbocycles. The van der Waals surface area contributed by atoms with Crippen molar-refractivity contribution in [2.45, 2.75) is 59.8 Å². The summed E-state index contributed by atoms with van der Waals surface area (Å²) < 4.78 is 4.14. The van der Waals surface area contributed by atoms with Gasteiger partial charge in [0.1, 0.15) is 5.69 Å². The molecule has 8 heteroatoms. The fourth-order valence-electron chi connectivity index (χ4n) is 5.64. The smallest absolute Gasteiger partial charge is 0.265 e. The molecule has 2 aromatic carbocycles. The Morgan fingerprint density at radius 2 is 1.64 bits per heavy atom. The predicted octanol–water partition coefficient (Wildman–Crippen LogP) is 8.28. The van der Waals surface area contributed by atoms with Crippen molar-refractivity contribution in [3.8, 4) is 22.6 Å². The van der Waals surface area contributed by atoms with Gasteiger partial charge in [0.2, 0.25) is 0 Å². The molecule has 0 spiro atoms. The number of pyridine rings is 1. The molecular weight excluding hydrogens is 612 g/mol. The van der Waals surface area contributed by atoms with Gasteiger partial charge in [0, 0.05) is 24.3 Å². The number of rotatable bonds is 7. The van der Waals surface area contributed by atoms with E-state index < -0.39 is 0 Å². The highest BCUT2D eigenvalue weighted by atomic mass is 79.9. The summed E-state index contributed by atoms with van der Waals surface area (Å²) in [5, 5.41) is 5.47. The number of benzene rings is 2. The van der Waals surface area contributed by atoms with Gasteiger partial charge >= 0.3 is 0 Å². The van der Waals surface area contributed by atoms with Gasteiger partial charge in [-0.05, 0) is 109 Å². The van der Waals surface area contributed by atoms with Crippen molar-refractivity contribution < 1.29 is 4.79 Å². The van der Waals surface area contributed by atoms with Crippen molar-refractivity contribution in [2.24, 2.45) is 0 Å². The third kappa shape index (κ3) is 5.90. The maximum Gasteiger partial charge on any atom is 0.265 e. The number of hydrogen-bond acceptors (Lipinski definition) is 3. The number of nitrogens with zero attached hydrogens (tertiary/aromatic N) is 4. The molecule has 5 rings (SSSR count). The summed E-state index contributed by atoms with van der Waals surface area (Å²) in [4.78, 5) is 30.9. The molecule has 0 radical (unpaired) electrons. The van der Waals surface area contributed by atoms with E-state index in [4.69, 9.17) is 16.7 Å². The maximum atomic E-state index is 14.7. The minimum atomic E-state index is -0.213. The zero-order chi connectivity index (χ0) is 30.0. The van der Waals surface area contributed by atoms with E-state index >= 15 is 0 Å². The average Bonchev–Trinajstić information content (AvgIpc) is 3.38. The fraction of sp³-hybridized carbons (Fsp3) is 0.324. The zero-order valence-electron chi connectivity index (χ0n) is 24.6. The van der Waals surface area contributed by atoms with Gasteiger partial charge in [-0.2, -0.15) is 5.10 Å². The van der Waals surface area contributed by atoms with Crippen molar-refractivity contribution in [2.75, 3.05) is 13.1 Å². The van der Waals surface area contributed by atoms with Crippen LogP contribution in [0.5, 0.6) is 0 Å². The van der Waals surface area contributed by atoms with Gasteiger partial charge in [-0.25, -0.2) is 4.68 Å². The highest BCUT2D eigenvalue weighted by Crippen LogP contribution is 2.32. The standard InChI is InChI=1S/C34H36BrClN4O2/c1-5-23-11-10-12-24(6-2)32(23)40-30(19-22(3)4)27(33(41)38-17-8-7-9-18-38)20-28(34(40)42)31-29(35)21-39(37-31)26-15-13-25(36)14-16-26/h10-16,19-21H,5-9,17-18H2,1-4H3. The Hall–Kier alpha value is -3.42. The number of aromatic nitrogens is 3. The molecule has 1 saturated heterocycles. The lowest BCUT2D eigenvalue weighted by Gasteiger charge is -2.28. The van der Waals surface area contributed by atoms with Crippen LogP contribution in [0.4, 0.5) is 0 Å². The molecule has 0 unspecified atom stereocenters. The van der Waals surface area contributed by atoms with E-state index in [1.165, 1.54) is 0 Å². The molecule has 1 aliphatic rings. The highest BCUT2D eigenvalue weighted by Gasteiger charge is 2.28. The molecule has 0 bridgehead atoms. The molecule has 1 aliphatic heterocycles. The van der Waals surface area contributed by atoms with Crippen LogP contribution >= 0.6 is 27.5 Å². The van der Waals surface area contributed by atoms with E-state index in [-0.39, 0.29) is 11.5 Å². The molecule has 0 atom stereocenters. The molecule has 2 aromatic heterocycles. The fourth-order valence-corrected chi connectivity index (χ4v) is 6.25. The minimum absolute atomic E-state index is 0.0579. The van der Waals surface area contributed by atoms with Gasteiger partial charge < -0.3 is 4.90 Å². The van der Waals surface area contributed by atoms with Crippen LogP contribution in [0.15, 0.2) is 69.6 Å². The second-order valence-electron chi connectivity index (χ2n) is 11.0. The summed E-state index contributed by atoms with van der Waals surface area (Å²) in [5.74, 6) is -0.0579. The first kappa shape index (κ1) is 30.1. The molecule has 0 aliphatic carbocycles. The van der Waals surface area contributed by atoms with E-state index in [2.05, 4.69) is 41.9 Å². The van der Waals surface area contributed by atoms with Gasteiger partial charge in [0.05, 0.1) is 32.7 Å². The van der Waals surface area contributed by atoms with Crippen LogP contribution in [0.3, 0.4) is 0 Å². The van der Waals surface area contributed by atoms with Crippen LogP contribution in [0.25, 0.3) is 28.7 Å². The van der Waals surface area contributed by atoms with Crippen LogP contribution in [0, 0.1) is 0 Å². The summed E-state index contributed by atoms with van der Waals surface area (Å²) in [6.45, 7) is 9.60. The number of allylic oxidation sites excluding steroid dienone is 1. The quantitative estimate of drug-likeness (QED) is 0.203. The average molecular weight is 648 g/mol. The summed E-state index contributed by atoms with van der Waals surface area (Å²) in [7, 11) is 0. The van der Waals surface area contributed by atoms with E-state index in [1.54, 1.807) is 27.4 Å². The van der Waals surface area contributed by atoms with Crippen LogP contribution in [-0.4, -0.2) is 38.2 Å². The van der Waals surface area contributed by atoms with Crippen molar-refractivity contribution in [1.29, 1.82) is 0 Å². The Morgan fingerprint density at radius 3 is 2.24 bits per heavy atom. The van der Waals surface area contributed by atoms with E-state index in [0.29, 0.717) is 45.1 Å². The summed E-state index contributed by atoms with van der Waals surface area (Å²) in [5.41, 5.74) is 6.53. The van der Waals surface area contributed by atoms with E-state index in [9.17, 15) is 9.59 Å². The van der Waals surface area contributed by atoms with Crippen LogP contribution < -0.4 is 5.56 Å². The van der Waals surface area contributed by atoms with Crippen molar-refractivity contribution in [3.05, 3.63) is 103 Å². The summed E-state index contributed by atoms with van der Waals surface area (Å²) >= 11 is 9.78. The number of amides is 1. The van der Waals surface area contributed by atoms with Crippen molar-refractivity contribution in [1.82, 2.24) is 19.2 Å². The first-order valence-corrected chi connectivity index (χ1v) is 15.8. The number of likely N-dealkylation sites (tertiary alicyclic amines) is 1. The predicted molar refractivity (Wildman–Crippen MR) is 175 cm³/mol. The molecule has 4 aromatic rings. The lowest BCUT2D eigenvalue weighted by molar-refractivity contribution is 0.0723. The van der Waals surface area contributed by atoms with Crippen molar-refractivity contribution in [3.63, 3.8) is 0 Å². The lowest BCUT2D eigenvalue weighted by atomic mass is 9.99. The Bertz CT molecular complexity index is 1690. The van der Waals surface area contributed by atoms with Crippen LogP contribution in [0.2, 0.25) is 5.02 Å². The van der Waals surface area contributed by atoms with E-state index in [0.717, 1.165) is 60.2 Å². The monoisotopic (exact) mass is 646 g/mol. The normalized spacial score (nSPS) is 13.3. The molecule has 42 heavy (non-hydrogen) atoms. The van der Waals surface area contributed by atoms with Crippen LogP contribution in [-0.2, 0) is 12.8 Å². The number of aryl methyl sites for hydroxylation is 2. The molecule has 3 heterocycles. The Morgan fingerprint density at radius 1 is 1.00 bits per heavy atom. The van der Waals surface area contributed by atoms with Gasteiger partial charge in [0.15, 0.2) is 0 Å². The molecule has 6 nitrogen and oxygen atoms in total. The molecular formula is C34H36BrClN4O2. The first-order chi connectivity index (χ1) is 20.2. The number of halogens is 2. The third-order valence-corrected chi connectivity index (χ3v) is 8.57. The van der Waals surface area contributed by atoms with Gasteiger partial charge in [-0.1, -0.05) is 49.2 Å². The van der Waals surface area contributed by atoms with Gasteiger partial charge in [-0.15, -0.1) is 0 Å². The topological polar surface area (TPSA) is 60.1 Å². The van der Waals surface area contributed by atoms with Crippen LogP contribution in [0.1, 0.15) is 74.1 Å². The minimum Gasteiger partial charge on any atom is -0.339 e. The number of carbonyl (C=O) groups is 1.